The van der Waals surface area contributed by atoms with Gasteiger partial charge in [-0.05, 0) is 31.4 Å². The minimum absolute atomic E-state index is 0.0115. The van der Waals surface area contributed by atoms with Crippen LogP contribution in [0.5, 0.6) is 0 Å². The minimum atomic E-state index is -0.0115. The summed E-state index contributed by atoms with van der Waals surface area (Å²) in [6, 6.07) is 1.39. The van der Waals surface area contributed by atoms with Crippen LogP contribution in [0, 0.1) is 0 Å². The van der Waals surface area contributed by atoms with Gasteiger partial charge in [-0.1, -0.05) is 6.92 Å². The van der Waals surface area contributed by atoms with Gasteiger partial charge in [-0.2, -0.15) is 11.8 Å². The Bertz CT molecular complexity index is 174. The lowest BCUT2D eigenvalue weighted by atomic mass is 10.0. The number of hydrogen-bond acceptors (Lipinski definition) is 3. The quantitative estimate of drug-likeness (QED) is 0.722. The fraction of sp³-hybridized carbons (Fsp3) is 1.00. The Balaban J connectivity index is 1.82. The van der Waals surface area contributed by atoms with Crippen LogP contribution in [0.4, 0.5) is 0 Å². The maximum atomic E-state index is 9.65. The van der Waals surface area contributed by atoms with Crippen molar-refractivity contribution in [3.8, 4) is 0 Å². The van der Waals surface area contributed by atoms with Crippen molar-refractivity contribution < 1.29 is 5.11 Å². The van der Waals surface area contributed by atoms with E-state index in [1.54, 1.807) is 0 Å². The van der Waals surface area contributed by atoms with Gasteiger partial charge >= 0.3 is 0 Å². The standard InChI is InChI=1S/C11H21NOS/c1-2-14-6-5-12-9-3-4-10(12)8-11(13)7-9/h9-11,13H,2-8H2,1H3. The van der Waals surface area contributed by atoms with Crippen LogP contribution < -0.4 is 0 Å². The molecular formula is C11H21NOS. The fourth-order valence-electron chi connectivity index (χ4n) is 2.92. The predicted molar refractivity (Wildman–Crippen MR) is 61.8 cm³/mol. The van der Waals surface area contributed by atoms with Crippen molar-refractivity contribution in [3.05, 3.63) is 0 Å². The van der Waals surface area contributed by atoms with Gasteiger partial charge in [0.05, 0.1) is 6.10 Å². The molecule has 0 aromatic heterocycles. The van der Waals surface area contributed by atoms with Crippen molar-refractivity contribution >= 4 is 11.8 Å². The summed E-state index contributed by atoms with van der Waals surface area (Å²) in [5.41, 5.74) is 0. The number of thioether (sulfide) groups is 1. The number of nitrogens with zero attached hydrogens (tertiary/aromatic N) is 1. The van der Waals surface area contributed by atoms with Crippen molar-refractivity contribution in [2.75, 3.05) is 18.1 Å². The lowest BCUT2D eigenvalue weighted by Gasteiger charge is -2.37. The van der Waals surface area contributed by atoms with Crippen molar-refractivity contribution in [3.63, 3.8) is 0 Å². The second-order valence-electron chi connectivity index (χ2n) is 4.44. The van der Waals surface area contributed by atoms with Crippen molar-refractivity contribution in [1.29, 1.82) is 0 Å². The molecule has 0 aliphatic carbocycles. The summed E-state index contributed by atoms with van der Waals surface area (Å²) in [5.74, 6) is 2.49. The molecule has 0 aromatic rings. The predicted octanol–water partition coefficient (Wildman–Crippen LogP) is 1.73. The molecule has 2 heterocycles. The molecule has 2 unspecified atom stereocenters. The van der Waals surface area contributed by atoms with Crippen LogP contribution in [0.3, 0.4) is 0 Å². The Labute approximate surface area is 91.1 Å². The number of aliphatic hydroxyl groups is 1. The zero-order chi connectivity index (χ0) is 9.97. The average molecular weight is 215 g/mol. The van der Waals surface area contributed by atoms with Crippen LogP contribution in [-0.2, 0) is 0 Å². The minimum Gasteiger partial charge on any atom is -0.393 e. The molecule has 2 nitrogen and oxygen atoms in total. The molecule has 14 heavy (non-hydrogen) atoms. The van der Waals surface area contributed by atoms with Crippen LogP contribution in [0.15, 0.2) is 0 Å². The molecule has 3 heteroatoms. The van der Waals surface area contributed by atoms with E-state index < -0.39 is 0 Å². The summed E-state index contributed by atoms with van der Waals surface area (Å²) in [6.07, 6.45) is 4.67. The molecule has 2 fully saturated rings. The maximum absolute atomic E-state index is 9.65. The summed E-state index contributed by atoms with van der Waals surface area (Å²) in [5, 5.41) is 9.65. The monoisotopic (exact) mass is 215 g/mol. The number of rotatable bonds is 4. The van der Waals surface area contributed by atoms with E-state index in [1.807, 2.05) is 11.8 Å². The van der Waals surface area contributed by atoms with Gasteiger partial charge in [0.15, 0.2) is 0 Å². The Hall–Kier alpha value is 0.270. The van der Waals surface area contributed by atoms with E-state index in [-0.39, 0.29) is 6.10 Å². The first-order valence-electron chi connectivity index (χ1n) is 5.82. The average Bonchev–Trinajstić information content (AvgIpc) is 2.42. The highest BCUT2D eigenvalue weighted by Gasteiger charge is 2.39. The van der Waals surface area contributed by atoms with Gasteiger partial charge in [-0.3, -0.25) is 4.90 Å². The Morgan fingerprint density at radius 2 is 1.93 bits per heavy atom. The van der Waals surface area contributed by atoms with Gasteiger partial charge in [0, 0.05) is 24.4 Å². The molecule has 1 N–H and O–H groups in total. The third-order valence-electron chi connectivity index (χ3n) is 3.56. The second kappa shape index (κ2) is 4.86. The third kappa shape index (κ3) is 2.26. The molecule has 2 bridgehead atoms. The molecule has 2 saturated heterocycles. The molecule has 2 atom stereocenters. The molecule has 2 rings (SSSR count). The molecule has 2 aliphatic rings. The Kier molecular flexibility index (Phi) is 3.74. The summed E-state index contributed by atoms with van der Waals surface area (Å²) in [6.45, 7) is 3.46. The lowest BCUT2D eigenvalue weighted by molar-refractivity contribution is 0.0393. The number of piperidine rings is 1. The van der Waals surface area contributed by atoms with E-state index in [4.69, 9.17) is 0 Å². The SMILES string of the molecule is CCSCCN1C2CCC1CC(O)C2. The molecule has 82 valence electrons. The largest absolute Gasteiger partial charge is 0.393 e. The maximum Gasteiger partial charge on any atom is 0.0570 e. The summed E-state index contributed by atoms with van der Waals surface area (Å²) in [4.78, 5) is 2.65. The van der Waals surface area contributed by atoms with Gasteiger partial charge in [-0.15, -0.1) is 0 Å². The zero-order valence-electron chi connectivity index (χ0n) is 8.98. The highest BCUT2D eigenvalue weighted by atomic mass is 32.2. The van der Waals surface area contributed by atoms with E-state index in [0.29, 0.717) is 12.1 Å². The number of hydrogen-bond donors (Lipinski definition) is 1. The molecule has 2 aliphatic heterocycles. The second-order valence-corrected chi connectivity index (χ2v) is 5.84. The van der Waals surface area contributed by atoms with Crippen molar-refractivity contribution in [1.82, 2.24) is 4.90 Å². The van der Waals surface area contributed by atoms with Crippen LogP contribution in [0.25, 0.3) is 0 Å². The fourth-order valence-corrected chi connectivity index (χ4v) is 3.55. The Morgan fingerprint density at radius 1 is 1.29 bits per heavy atom. The third-order valence-corrected chi connectivity index (χ3v) is 4.44. The van der Waals surface area contributed by atoms with Crippen molar-refractivity contribution in [2.24, 2.45) is 0 Å². The topological polar surface area (TPSA) is 23.5 Å². The zero-order valence-corrected chi connectivity index (χ0v) is 9.80. The first kappa shape index (κ1) is 10.8. The molecular weight excluding hydrogens is 194 g/mol. The highest BCUT2D eigenvalue weighted by Crippen LogP contribution is 2.35. The Morgan fingerprint density at radius 3 is 2.50 bits per heavy atom. The normalized spacial score (nSPS) is 37.7. The van der Waals surface area contributed by atoms with Crippen LogP contribution in [0.1, 0.15) is 32.6 Å². The van der Waals surface area contributed by atoms with E-state index in [1.165, 1.54) is 30.9 Å². The number of fused-ring (bicyclic) bond motifs is 2. The summed E-state index contributed by atoms with van der Waals surface area (Å²) < 4.78 is 0. The lowest BCUT2D eigenvalue weighted by Crippen LogP contribution is -2.45. The molecule has 0 saturated carbocycles. The van der Waals surface area contributed by atoms with E-state index in [0.717, 1.165) is 12.8 Å². The molecule has 0 spiro atoms. The summed E-state index contributed by atoms with van der Waals surface area (Å²) >= 11 is 2.03. The van der Waals surface area contributed by atoms with E-state index in [2.05, 4.69) is 11.8 Å². The van der Waals surface area contributed by atoms with Crippen LogP contribution in [-0.4, -0.2) is 46.2 Å². The van der Waals surface area contributed by atoms with Gasteiger partial charge in [-0.25, -0.2) is 0 Å². The number of aliphatic hydroxyl groups excluding tert-OH is 1. The smallest absolute Gasteiger partial charge is 0.0570 e. The van der Waals surface area contributed by atoms with Gasteiger partial charge in [0.25, 0.3) is 0 Å². The van der Waals surface area contributed by atoms with E-state index in [9.17, 15) is 5.11 Å². The van der Waals surface area contributed by atoms with Gasteiger partial charge in [0.2, 0.25) is 0 Å². The van der Waals surface area contributed by atoms with Crippen LogP contribution >= 0.6 is 11.8 Å². The van der Waals surface area contributed by atoms with Gasteiger partial charge < -0.3 is 5.11 Å². The molecule has 0 amide bonds. The molecule has 0 radical (unpaired) electrons. The van der Waals surface area contributed by atoms with Crippen molar-refractivity contribution in [2.45, 2.75) is 50.8 Å². The van der Waals surface area contributed by atoms with Crippen LogP contribution in [0.2, 0.25) is 0 Å². The molecule has 0 aromatic carbocycles. The van der Waals surface area contributed by atoms with E-state index >= 15 is 0 Å². The first-order chi connectivity index (χ1) is 6.81. The highest BCUT2D eigenvalue weighted by molar-refractivity contribution is 7.99. The first-order valence-corrected chi connectivity index (χ1v) is 6.98. The summed E-state index contributed by atoms with van der Waals surface area (Å²) in [7, 11) is 0. The van der Waals surface area contributed by atoms with Gasteiger partial charge in [0.1, 0.15) is 0 Å².